The number of fused-ring (bicyclic) bond motifs is 11. The molecule has 0 atom stereocenters. The maximum atomic E-state index is 6.39. The molecule has 6 aromatic heterocycles. The predicted molar refractivity (Wildman–Crippen MR) is 593 cm³/mol. The van der Waals surface area contributed by atoms with Crippen LogP contribution in [0.1, 0.15) is 0 Å². The zero-order chi connectivity index (χ0) is 95.6. The van der Waals surface area contributed by atoms with Crippen molar-refractivity contribution in [2.75, 3.05) is 4.90 Å². The number of furan rings is 2. The van der Waals surface area contributed by atoms with Crippen LogP contribution < -0.4 is 4.90 Å². The highest BCUT2D eigenvalue weighted by molar-refractivity contribution is 7.25. The van der Waals surface area contributed by atoms with Crippen LogP contribution in [0, 0.1) is 0 Å². The van der Waals surface area contributed by atoms with E-state index >= 15 is 0 Å². The zero-order valence-electron chi connectivity index (χ0n) is 77.7. The molecule has 0 radical (unpaired) electrons. The maximum Gasteiger partial charge on any atom is 0.164 e. The van der Waals surface area contributed by atoms with Crippen LogP contribution in [0.5, 0.6) is 0 Å². The number of nitrogens with zero attached hydrogens (tertiary/aromatic N) is 10. The minimum atomic E-state index is 0.571. The topological polar surface area (TPSA) is 146 Å². The second-order valence-corrected chi connectivity index (χ2v) is 36.4. The fraction of sp³-hybridized carbons (Fsp3) is 0. The number of thiophene rings is 1. The molecule has 0 aliphatic carbocycles. The van der Waals surface area contributed by atoms with Crippen molar-refractivity contribution in [3.63, 3.8) is 0 Å². The summed E-state index contributed by atoms with van der Waals surface area (Å²) < 4.78 is 15.3. The van der Waals surface area contributed by atoms with Crippen molar-refractivity contribution in [3.05, 3.63) is 510 Å². The third-order valence-electron chi connectivity index (χ3n) is 26.4. The van der Waals surface area contributed by atoms with Crippen LogP contribution in [0.15, 0.2) is 518 Å². The molecule has 0 aliphatic rings. The van der Waals surface area contributed by atoms with E-state index in [4.69, 9.17) is 53.7 Å². The molecule has 0 saturated carbocycles. The fourth-order valence-electron chi connectivity index (χ4n) is 19.5. The van der Waals surface area contributed by atoms with Gasteiger partial charge in [0.25, 0.3) is 0 Å². The monoisotopic (exact) mass is 1860 g/mol. The zero-order valence-corrected chi connectivity index (χ0v) is 78.5. The summed E-state index contributed by atoms with van der Waals surface area (Å²) in [6.45, 7) is 0. The van der Waals surface area contributed by atoms with Crippen molar-refractivity contribution in [2.24, 2.45) is 0 Å². The Bertz CT molecular complexity index is 9130. The molecule has 12 nitrogen and oxygen atoms in total. The molecule has 0 unspecified atom stereocenters. The van der Waals surface area contributed by atoms with Gasteiger partial charge >= 0.3 is 0 Å². The smallest absolute Gasteiger partial charge is 0.164 e. The van der Waals surface area contributed by atoms with Crippen molar-refractivity contribution in [2.45, 2.75) is 0 Å². The van der Waals surface area contributed by atoms with Crippen LogP contribution in [-0.4, -0.2) is 44.9 Å². The van der Waals surface area contributed by atoms with Gasteiger partial charge in [0.05, 0.1) is 5.69 Å². The Morgan fingerprint density at radius 2 is 0.486 bits per heavy atom. The largest absolute Gasteiger partial charge is 0.456 e. The predicted octanol–water partition coefficient (Wildman–Crippen LogP) is 34.9. The molecular weight excluding hydrogens is 1780 g/mol. The summed E-state index contributed by atoms with van der Waals surface area (Å²) >= 11 is 1.80. The molecule has 13 heteroatoms. The van der Waals surface area contributed by atoms with Crippen LogP contribution in [0.4, 0.5) is 17.1 Å². The summed E-state index contributed by atoms with van der Waals surface area (Å²) in [5.74, 6) is 5.60. The van der Waals surface area contributed by atoms with Crippen LogP contribution in [-0.2, 0) is 0 Å². The maximum absolute atomic E-state index is 6.39. The first kappa shape index (κ1) is 86.4. The molecule has 0 spiro atoms. The number of hydrogen-bond acceptors (Lipinski definition) is 13. The molecule has 0 saturated heterocycles. The van der Waals surface area contributed by atoms with E-state index in [1.807, 2.05) is 121 Å². The third-order valence-corrected chi connectivity index (χ3v) is 27.6. The molecule has 144 heavy (non-hydrogen) atoms. The van der Waals surface area contributed by atoms with E-state index in [1.165, 1.54) is 36.5 Å². The summed E-state index contributed by atoms with van der Waals surface area (Å²) in [4.78, 5) is 48.4. The van der Waals surface area contributed by atoms with E-state index in [2.05, 4.69) is 393 Å². The van der Waals surface area contributed by atoms with Gasteiger partial charge in [0, 0.05) is 109 Å². The van der Waals surface area contributed by atoms with Gasteiger partial charge in [-0.2, -0.15) is 0 Å². The average Bonchev–Trinajstić information content (AvgIpc) is 1.46. The van der Waals surface area contributed by atoms with Crippen LogP contribution in [0.2, 0.25) is 0 Å². The van der Waals surface area contributed by atoms with Crippen molar-refractivity contribution in [1.29, 1.82) is 0 Å². The van der Waals surface area contributed by atoms with Crippen LogP contribution in [0.3, 0.4) is 0 Å². The van der Waals surface area contributed by atoms with Gasteiger partial charge in [-0.3, -0.25) is 0 Å². The highest BCUT2D eigenvalue weighted by Gasteiger charge is 2.27. The Kier molecular flexibility index (Phi) is 23.0. The molecule has 0 amide bonds. The Hall–Kier alpha value is -19.2. The fourth-order valence-corrected chi connectivity index (χ4v) is 20.6. The summed E-state index contributed by atoms with van der Waals surface area (Å²) in [5.41, 5.74) is 26.0. The molecule has 0 N–H and O–H groups in total. The van der Waals surface area contributed by atoms with E-state index in [0.29, 0.717) is 52.4 Å². The van der Waals surface area contributed by atoms with E-state index in [-0.39, 0.29) is 0 Å². The highest BCUT2D eigenvalue weighted by atomic mass is 32.1. The van der Waals surface area contributed by atoms with Gasteiger partial charge < -0.3 is 13.7 Å². The van der Waals surface area contributed by atoms with Crippen molar-refractivity contribution >= 4 is 114 Å². The second kappa shape index (κ2) is 38.3. The van der Waals surface area contributed by atoms with E-state index in [9.17, 15) is 0 Å². The first-order chi connectivity index (χ1) is 71.4. The van der Waals surface area contributed by atoms with Crippen LogP contribution in [0.25, 0.3) is 244 Å². The Balaban J connectivity index is 0.000000114. The average molecular weight is 1860 g/mol. The molecule has 676 valence electrons. The van der Waals surface area contributed by atoms with Crippen LogP contribution >= 0.6 is 11.3 Å². The SMILES string of the molecule is c1ccc(-c2ccc3oc4cccc(-c5nc(-c6ccccc6)nc(-c6cccc7oc8ccc(-c9ccccc9)cc8c67)n5)c4c3c2)cc1.c1ccc(-c2ccccc2-c2nc(-c3ccccc3-c3ccccc3)nc(-c3ccc(N(c4ccccc4)c4ccccc4)c4ccccc34)n2)cc1.c1ccc(-c2nc(-c3ccc(-c4ccc5ccccc5c4)cc3)nc(-c3ccc4c(c3)sc3ccccc34)n2)cc1. The van der Waals surface area contributed by atoms with E-state index in [1.54, 1.807) is 11.3 Å². The minimum Gasteiger partial charge on any atom is -0.456 e. The molecule has 0 aliphatic heterocycles. The Morgan fingerprint density at radius 1 is 0.160 bits per heavy atom. The molecule has 27 rings (SSSR count). The van der Waals surface area contributed by atoms with Crippen molar-refractivity contribution < 1.29 is 8.83 Å². The molecule has 21 aromatic carbocycles. The van der Waals surface area contributed by atoms with Crippen molar-refractivity contribution in [3.8, 4) is 158 Å². The first-order valence-corrected chi connectivity index (χ1v) is 48.8. The Labute approximate surface area is 834 Å². The number of aromatic nitrogens is 9. The first-order valence-electron chi connectivity index (χ1n) is 48.0. The van der Waals surface area contributed by atoms with Gasteiger partial charge in [-0.25, -0.2) is 44.9 Å². The van der Waals surface area contributed by atoms with Gasteiger partial charge in [0.15, 0.2) is 52.4 Å². The lowest BCUT2D eigenvalue weighted by Gasteiger charge is -2.27. The third kappa shape index (κ3) is 17.1. The summed E-state index contributed by atoms with van der Waals surface area (Å²) in [6.07, 6.45) is 0. The summed E-state index contributed by atoms with van der Waals surface area (Å²) in [7, 11) is 0. The van der Waals surface area contributed by atoms with Crippen molar-refractivity contribution in [1.82, 2.24) is 44.9 Å². The quantitative estimate of drug-likeness (QED) is 0.0855. The standard InChI is InChI=1S/C49H34N4.C45H27N3O2.C37H23N3S/c1-5-19-35(20-6-1)39-27-13-17-31-43(39)47-50-48(44-32-18-14-28-40(44)36-21-7-2-8-22-36)52-49(51-47)45-33-34-46(42-30-16-15-29-41(42)45)53(37-23-9-3-10-24-37)38-25-11-4-12-26-38;1-4-12-28(13-5-1)31-22-24-37-35(26-31)41-33(18-10-20-39(41)49-37)44-46-43(30-16-8-3-9-17-30)47-45(48-44)34-19-11-21-40-42(34)36-27-32(23-25-38(36)50-40)29-14-6-2-7-15-29;1-2-9-26(10-3-1)35-38-36(27-17-14-25(15-18-27)29-19-16-24-8-4-5-11-28(24)22-29)40-37(39-35)30-20-21-32-31-12-6-7-13-33(31)41-34(32)23-30/h1-34H;1-27H;1-23H. The number of rotatable bonds is 17. The van der Waals surface area contributed by atoms with E-state index in [0.717, 1.165) is 172 Å². The van der Waals surface area contributed by atoms with Gasteiger partial charge in [-0.05, 0) is 163 Å². The number of benzene rings is 21. The summed E-state index contributed by atoms with van der Waals surface area (Å²) in [5, 5.41) is 11.1. The van der Waals surface area contributed by atoms with Gasteiger partial charge in [0.2, 0.25) is 0 Å². The molecule has 0 fully saturated rings. The minimum absolute atomic E-state index is 0.571. The normalized spacial score (nSPS) is 11.3. The summed E-state index contributed by atoms with van der Waals surface area (Å²) in [6, 6.07) is 176. The lowest BCUT2D eigenvalue weighted by atomic mass is 9.97. The molecule has 6 heterocycles. The highest BCUT2D eigenvalue weighted by Crippen LogP contribution is 2.47. The molecule has 0 bridgehead atoms. The molecular formula is C131H84N10O2S. The molecule has 27 aromatic rings. The Morgan fingerprint density at radius 3 is 0.986 bits per heavy atom. The number of anilines is 3. The number of hydrogen-bond donors (Lipinski definition) is 0. The van der Waals surface area contributed by atoms with Gasteiger partial charge in [0.1, 0.15) is 22.3 Å². The number of para-hydroxylation sites is 2. The van der Waals surface area contributed by atoms with Gasteiger partial charge in [-0.1, -0.05) is 419 Å². The lowest BCUT2D eigenvalue weighted by molar-refractivity contribution is 0.668. The second-order valence-electron chi connectivity index (χ2n) is 35.3. The lowest BCUT2D eigenvalue weighted by Crippen LogP contribution is -2.10. The van der Waals surface area contributed by atoms with Gasteiger partial charge in [-0.15, -0.1) is 11.3 Å². The van der Waals surface area contributed by atoms with E-state index < -0.39 is 0 Å².